The van der Waals surface area contributed by atoms with Gasteiger partial charge in [0.1, 0.15) is 0 Å². The summed E-state index contributed by atoms with van der Waals surface area (Å²) in [6, 6.07) is 0. The van der Waals surface area contributed by atoms with E-state index in [1.54, 1.807) is 10.8 Å². The molecule has 14 heavy (non-hydrogen) atoms. The van der Waals surface area contributed by atoms with Crippen molar-refractivity contribution in [1.82, 2.24) is 9.78 Å². The predicted octanol–water partition coefficient (Wildman–Crippen LogP) is 1.45. The van der Waals surface area contributed by atoms with E-state index in [9.17, 15) is 4.79 Å². The molecule has 1 aromatic heterocycles. The van der Waals surface area contributed by atoms with E-state index in [4.69, 9.17) is 5.11 Å². The predicted molar refractivity (Wildman–Crippen MR) is 53.2 cm³/mol. The number of hydrogen-bond acceptors (Lipinski definition) is 2. The van der Waals surface area contributed by atoms with Gasteiger partial charge in [-0.15, -0.1) is 0 Å². The van der Waals surface area contributed by atoms with Crippen molar-refractivity contribution in [3.05, 3.63) is 29.1 Å². The molecule has 0 fully saturated rings. The second-order valence-corrected chi connectivity index (χ2v) is 3.22. The highest BCUT2D eigenvalue weighted by Gasteiger charge is 2.04. The Hall–Kier alpha value is -1.58. The molecule has 0 radical (unpaired) electrons. The van der Waals surface area contributed by atoms with E-state index < -0.39 is 5.97 Å². The number of carbonyl (C=O) groups is 1. The summed E-state index contributed by atoms with van der Waals surface area (Å²) in [4.78, 5) is 10.2. The minimum atomic E-state index is -0.928. The summed E-state index contributed by atoms with van der Waals surface area (Å²) in [5, 5.41) is 12.7. The number of aromatic nitrogens is 2. The average Bonchev–Trinajstić information content (AvgIpc) is 2.33. The van der Waals surface area contributed by atoms with Crippen LogP contribution in [0.2, 0.25) is 0 Å². The summed E-state index contributed by atoms with van der Waals surface area (Å²) >= 11 is 0. The van der Waals surface area contributed by atoms with E-state index >= 15 is 0 Å². The van der Waals surface area contributed by atoms with Crippen LogP contribution in [0.4, 0.5) is 0 Å². The molecule has 0 aliphatic rings. The van der Waals surface area contributed by atoms with Crippen LogP contribution in [0.25, 0.3) is 0 Å². The molecule has 0 spiro atoms. The molecule has 1 N–H and O–H groups in total. The standard InChI is InChI=1S/C10H14N2O2/c1-7-8(2)11-12(9(7)3)6-4-5-10(13)14/h4-5H,6H2,1-3H3,(H,13,14). The first-order valence-corrected chi connectivity index (χ1v) is 4.42. The topological polar surface area (TPSA) is 55.1 Å². The maximum Gasteiger partial charge on any atom is 0.328 e. The molecule has 4 nitrogen and oxygen atoms in total. The minimum absolute atomic E-state index is 0.507. The lowest BCUT2D eigenvalue weighted by atomic mass is 10.2. The third-order valence-corrected chi connectivity index (χ3v) is 2.28. The van der Waals surface area contributed by atoms with Gasteiger partial charge >= 0.3 is 5.97 Å². The van der Waals surface area contributed by atoms with Crippen LogP contribution < -0.4 is 0 Å². The fourth-order valence-electron chi connectivity index (χ4n) is 1.22. The Bertz CT molecular complexity index is 378. The Morgan fingerprint density at radius 2 is 2.14 bits per heavy atom. The highest BCUT2D eigenvalue weighted by atomic mass is 16.4. The highest BCUT2D eigenvalue weighted by molar-refractivity contribution is 5.79. The Morgan fingerprint density at radius 1 is 1.50 bits per heavy atom. The van der Waals surface area contributed by atoms with Crippen LogP contribution in [0.1, 0.15) is 17.0 Å². The summed E-state index contributed by atoms with van der Waals surface area (Å²) in [6.07, 6.45) is 2.72. The molecule has 76 valence electrons. The maximum absolute atomic E-state index is 10.2. The molecule has 0 unspecified atom stereocenters. The maximum atomic E-state index is 10.2. The van der Waals surface area contributed by atoms with Crippen molar-refractivity contribution in [2.45, 2.75) is 27.3 Å². The van der Waals surface area contributed by atoms with Crippen LogP contribution in [-0.4, -0.2) is 20.9 Å². The van der Waals surface area contributed by atoms with E-state index in [1.807, 2.05) is 20.8 Å². The van der Waals surface area contributed by atoms with Gasteiger partial charge in [0.2, 0.25) is 0 Å². The Kier molecular flexibility index (Phi) is 3.06. The molecule has 0 saturated heterocycles. The number of carboxylic acids is 1. The lowest BCUT2D eigenvalue weighted by Gasteiger charge is -1.98. The van der Waals surface area contributed by atoms with Crippen LogP contribution in [0.5, 0.6) is 0 Å². The number of carboxylic acid groups (broad SMARTS) is 1. The van der Waals surface area contributed by atoms with Crippen LogP contribution >= 0.6 is 0 Å². The van der Waals surface area contributed by atoms with Crippen molar-refractivity contribution in [3.8, 4) is 0 Å². The van der Waals surface area contributed by atoms with E-state index in [1.165, 1.54) is 0 Å². The molecule has 0 aliphatic heterocycles. The van der Waals surface area contributed by atoms with Gasteiger partial charge in [-0.3, -0.25) is 4.68 Å². The van der Waals surface area contributed by atoms with Crippen molar-refractivity contribution < 1.29 is 9.90 Å². The number of aliphatic carboxylic acids is 1. The molecule has 0 saturated carbocycles. The molecule has 0 amide bonds. The fraction of sp³-hybridized carbons (Fsp3) is 0.400. The van der Waals surface area contributed by atoms with Crippen molar-refractivity contribution in [2.24, 2.45) is 0 Å². The van der Waals surface area contributed by atoms with Gasteiger partial charge in [0.05, 0.1) is 12.2 Å². The first kappa shape index (κ1) is 10.5. The lowest BCUT2D eigenvalue weighted by Crippen LogP contribution is -2.01. The SMILES string of the molecule is Cc1nn(CC=CC(=O)O)c(C)c1C. The Balaban J connectivity index is 2.78. The monoisotopic (exact) mass is 194 g/mol. The molecule has 0 bridgehead atoms. The Morgan fingerprint density at radius 3 is 2.57 bits per heavy atom. The molecule has 0 aromatic carbocycles. The van der Waals surface area contributed by atoms with E-state index in [0.717, 1.165) is 23.0 Å². The van der Waals surface area contributed by atoms with Crippen molar-refractivity contribution in [3.63, 3.8) is 0 Å². The van der Waals surface area contributed by atoms with Crippen LogP contribution in [0.3, 0.4) is 0 Å². The summed E-state index contributed by atoms with van der Waals surface area (Å²) in [5.41, 5.74) is 3.23. The summed E-state index contributed by atoms with van der Waals surface area (Å²) in [7, 11) is 0. The summed E-state index contributed by atoms with van der Waals surface area (Å²) in [5.74, 6) is -0.928. The second kappa shape index (κ2) is 4.09. The van der Waals surface area contributed by atoms with Crippen molar-refractivity contribution >= 4 is 5.97 Å². The quantitative estimate of drug-likeness (QED) is 0.741. The average molecular weight is 194 g/mol. The van der Waals surface area contributed by atoms with Crippen LogP contribution in [-0.2, 0) is 11.3 Å². The molecule has 1 rings (SSSR count). The van der Waals surface area contributed by atoms with E-state index in [-0.39, 0.29) is 0 Å². The van der Waals surface area contributed by atoms with Crippen molar-refractivity contribution in [2.75, 3.05) is 0 Å². The van der Waals surface area contributed by atoms with Gasteiger partial charge in [-0.2, -0.15) is 5.10 Å². The third-order valence-electron chi connectivity index (χ3n) is 2.28. The first-order chi connectivity index (χ1) is 6.52. The summed E-state index contributed by atoms with van der Waals surface area (Å²) in [6.45, 7) is 6.44. The zero-order valence-corrected chi connectivity index (χ0v) is 8.61. The van der Waals surface area contributed by atoms with Gasteiger partial charge in [0.25, 0.3) is 0 Å². The molecule has 1 aromatic rings. The van der Waals surface area contributed by atoms with Gasteiger partial charge in [0, 0.05) is 11.8 Å². The molecular weight excluding hydrogens is 180 g/mol. The molecule has 1 heterocycles. The number of nitrogens with zero attached hydrogens (tertiary/aromatic N) is 2. The van der Waals surface area contributed by atoms with Gasteiger partial charge < -0.3 is 5.11 Å². The largest absolute Gasteiger partial charge is 0.478 e. The third kappa shape index (κ3) is 2.22. The van der Waals surface area contributed by atoms with Crippen LogP contribution in [0, 0.1) is 20.8 Å². The number of aryl methyl sites for hydroxylation is 1. The van der Waals surface area contributed by atoms with E-state index in [2.05, 4.69) is 5.10 Å². The molecular formula is C10H14N2O2. The van der Waals surface area contributed by atoms with Gasteiger partial charge in [-0.25, -0.2) is 4.79 Å². The van der Waals surface area contributed by atoms with Crippen molar-refractivity contribution in [1.29, 1.82) is 0 Å². The lowest BCUT2D eigenvalue weighted by molar-refractivity contribution is -0.131. The zero-order valence-electron chi connectivity index (χ0n) is 8.61. The number of hydrogen-bond donors (Lipinski definition) is 1. The first-order valence-electron chi connectivity index (χ1n) is 4.42. The number of rotatable bonds is 3. The highest BCUT2D eigenvalue weighted by Crippen LogP contribution is 2.10. The minimum Gasteiger partial charge on any atom is -0.478 e. The zero-order chi connectivity index (χ0) is 10.7. The molecule has 0 atom stereocenters. The smallest absolute Gasteiger partial charge is 0.328 e. The normalized spacial score (nSPS) is 11.1. The van der Waals surface area contributed by atoms with Gasteiger partial charge in [0.15, 0.2) is 0 Å². The Labute approximate surface area is 82.9 Å². The fourth-order valence-corrected chi connectivity index (χ4v) is 1.22. The number of allylic oxidation sites excluding steroid dienone is 1. The van der Waals surface area contributed by atoms with Crippen LogP contribution in [0.15, 0.2) is 12.2 Å². The van der Waals surface area contributed by atoms with Gasteiger partial charge in [-0.05, 0) is 26.3 Å². The molecule has 4 heteroatoms. The van der Waals surface area contributed by atoms with Gasteiger partial charge in [-0.1, -0.05) is 6.08 Å². The molecule has 0 aliphatic carbocycles. The summed E-state index contributed by atoms with van der Waals surface area (Å²) < 4.78 is 1.80. The second-order valence-electron chi connectivity index (χ2n) is 3.22. The van der Waals surface area contributed by atoms with E-state index in [0.29, 0.717) is 6.54 Å².